The molecular weight excluding hydrogens is 244 g/mol. The van der Waals surface area contributed by atoms with Gasteiger partial charge in [-0.25, -0.2) is 0 Å². The average molecular weight is 260 g/mol. The third kappa shape index (κ3) is 2.09. The highest BCUT2D eigenvalue weighted by Crippen LogP contribution is 2.30. The Bertz CT molecular complexity index is 541. The first-order valence-electron chi connectivity index (χ1n) is 6.75. The Morgan fingerprint density at radius 3 is 2.89 bits per heavy atom. The van der Waals surface area contributed by atoms with Gasteiger partial charge in [0.05, 0.1) is 4.92 Å². The van der Waals surface area contributed by atoms with Gasteiger partial charge in [0.1, 0.15) is 0 Å². The Balaban J connectivity index is 2.00. The number of rotatable bonds is 1. The van der Waals surface area contributed by atoms with Crippen molar-refractivity contribution in [3.63, 3.8) is 0 Å². The predicted molar refractivity (Wildman–Crippen MR) is 70.1 cm³/mol. The van der Waals surface area contributed by atoms with Crippen LogP contribution in [0, 0.1) is 10.1 Å². The zero-order valence-electron chi connectivity index (χ0n) is 10.7. The number of non-ortho nitro benzene ring substituents is 1. The molecule has 0 aliphatic carbocycles. The van der Waals surface area contributed by atoms with Crippen LogP contribution in [0.15, 0.2) is 18.2 Å². The fourth-order valence-electron chi connectivity index (χ4n) is 3.12. The fraction of sp³-hybridized carbons (Fsp3) is 0.500. The van der Waals surface area contributed by atoms with Gasteiger partial charge in [0.25, 0.3) is 11.6 Å². The van der Waals surface area contributed by atoms with Gasteiger partial charge in [0.2, 0.25) is 0 Å². The van der Waals surface area contributed by atoms with Crippen molar-refractivity contribution in [3.05, 3.63) is 39.4 Å². The second kappa shape index (κ2) is 4.64. The van der Waals surface area contributed by atoms with Crippen molar-refractivity contribution in [3.8, 4) is 0 Å². The standard InChI is InChI=1S/C14H16N2O3/c17-14-13-9-12(16(18)19)6-5-10(13)8-11-4-2-1-3-7-15(11)14/h5-6,9,11H,1-4,7-8H2. The molecule has 1 aromatic carbocycles. The number of hydrogen-bond acceptors (Lipinski definition) is 3. The van der Waals surface area contributed by atoms with E-state index >= 15 is 0 Å². The number of carbonyl (C=O) groups is 1. The number of nitro groups is 1. The number of amides is 1. The number of hydrogen-bond donors (Lipinski definition) is 0. The molecule has 0 N–H and O–H groups in total. The van der Waals surface area contributed by atoms with Gasteiger partial charge >= 0.3 is 0 Å². The van der Waals surface area contributed by atoms with Crippen LogP contribution in [-0.2, 0) is 6.42 Å². The van der Waals surface area contributed by atoms with Gasteiger partial charge in [-0.05, 0) is 24.8 Å². The van der Waals surface area contributed by atoms with Crippen LogP contribution in [0.25, 0.3) is 0 Å². The molecular formula is C14H16N2O3. The van der Waals surface area contributed by atoms with Crippen LogP contribution in [0.3, 0.4) is 0 Å². The molecule has 2 aliphatic rings. The summed E-state index contributed by atoms with van der Waals surface area (Å²) in [6, 6.07) is 4.95. The summed E-state index contributed by atoms with van der Waals surface area (Å²) < 4.78 is 0. The molecule has 1 atom stereocenters. The second-order valence-corrected chi connectivity index (χ2v) is 5.30. The molecule has 0 spiro atoms. The second-order valence-electron chi connectivity index (χ2n) is 5.30. The molecule has 19 heavy (non-hydrogen) atoms. The van der Waals surface area contributed by atoms with Crippen molar-refractivity contribution < 1.29 is 9.72 Å². The fourth-order valence-corrected chi connectivity index (χ4v) is 3.12. The van der Waals surface area contributed by atoms with Gasteiger partial charge in [0.15, 0.2) is 0 Å². The highest BCUT2D eigenvalue weighted by atomic mass is 16.6. The summed E-state index contributed by atoms with van der Waals surface area (Å²) in [4.78, 5) is 24.8. The first-order chi connectivity index (χ1) is 9.16. The van der Waals surface area contributed by atoms with Gasteiger partial charge in [0, 0.05) is 30.3 Å². The van der Waals surface area contributed by atoms with E-state index in [1.54, 1.807) is 6.07 Å². The smallest absolute Gasteiger partial charge is 0.270 e. The molecule has 0 aromatic heterocycles. The maximum absolute atomic E-state index is 12.5. The SMILES string of the molecule is O=C1c2cc([N+](=O)[O-])ccc2CC2CCCCCN12. The van der Waals surface area contributed by atoms with Gasteiger partial charge in [-0.15, -0.1) is 0 Å². The molecule has 2 aliphatic heterocycles. The number of carbonyl (C=O) groups excluding carboxylic acids is 1. The molecule has 1 unspecified atom stereocenters. The van der Waals surface area contributed by atoms with Crippen LogP contribution in [0.4, 0.5) is 5.69 Å². The van der Waals surface area contributed by atoms with Crippen molar-refractivity contribution in [2.24, 2.45) is 0 Å². The molecule has 100 valence electrons. The van der Waals surface area contributed by atoms with E-state index in [0.717, 1.165) is 44.2 Å². The third-order valence-electron chi connectivity index (χ3n) is 4.13. The van der Waals surface area contributed by atoms with Crippen LogP contribution in [0.5, 0.6) is 0 Å². The summed E-state index contributed by atoms with van der Waals surface area (Å²) in [6.07, 6.45) is 5.24. The number of nitro benzene ring substituents is 1. The molecule has 1 amide bonds. The van der Waals surface area contributed by atoms with E-state index in [-0.39, 0.29) is 17.6 Å². The Labute approximate surface area is 111 Å². The van der Waals surface area contributed by atoms with Crippen LogP contribution in [0.1, 0.15) is 41.6 Å². The molecule has 1 fully saturated rings. The van der Waals surface area contributed by atoms with Gasteiger partial charge < -0.3 is 4.90 Å². The van der Waals surface area contributed by atoms with Crippen molar-refractivity contribution in [2.75, 3.05) is 6.54 Å². The Hall–Kier alpha value is -1.91. The summed E-state index contributed by atoms with van der Waals surface area (Å²) in [6.45, 7) is 0.783. The van der Waals surface area contributed by atoms with E-state index in [9.17, 15) is 14.9 Å². The Morgan fingerprint density at radius 1 is 1.26 bits per heavy atom. The van der Waals surface area contributed by atoms with Crippen LogP contribution in [-0.4, -0.2) is 28.3 Å². The van der Waals surface area contributed by atoms with Gasteiger partial charge in [-0.3, -0.25) is 14.9 Å². The number of benzene rings is 1. The number of nitrogens with zero attached hydrogens (tertiary/aromatic N) is 2. The van der Waals surface area contributed by atoms with Gasteiger partial charge in [-0.2, -0.15) is 0 Å². The minimum absolute atomic E-state index is 0.000344. The molecule has 1 aromatic rings. The predicted octanol–water partition coefficient (Wildman–Crippen LogP) is 2.54. The normalized spacial score (nSPS) is 22.4. The molecule has 3 rings (SSSR count). The minimum atomic E-state index is -0.442. The summed E-state index contributed by atoms with van der Waals surface area (Å²) in [5.74, 6) is -0.0307. The topological polar surface area (TPSA) is 63.4 Å². The zero-order valence-corrected chi connectivity index (χ0v) is 10.7. The molecule has 5 heteroatoms. The number of fused-ring (bicyclic) bond motifs is 2. The molecule has 5 nitrogen and oxygen atoms in total. The third-order valence-corrected chi connectivity index (χ3v) is 4.13. The van der Waals surface area contributed by atoms with Crippen LogP contribution in [0.2, 0.25) is 0 Å². The average Bonchev–Trinajstić information content (AvgIpc) is 2.64. The Kier molecular flexibility index (Phi) is 2.97. The maximum atomic E-state index is 12.5. The van der Waals surface area contributed by atoms with Crippen LogP contribution >= 0.6 is 0 Å². The molecule has 1 saturated heterocycles. The summed E-state index contributed by atoms with van der Waals surface area (Å²) in [5.41, 5.74) is 1.48. The Morgan fingerprint density at radius 2 is 2.11 bits per heavy atom. The quantitative estimate of drug-likeness (QED) is 0.575. The lowest BCUT2D eigenvalue weighted by Gasteiger charge is -2.35. The minimum Gasteiger partial charge on any atom is -0.335 e. The summed E-state index contributed by atoms with van der Waals surface area (Å²) in [5, 5.41) is 10.8. The molecule has 0 bridgehead atoms. The van der Waals surface area contributed by atoms with Crippen molar-refractivity contribution >= 4 is 11.6 Å². The molecule has 0 saturated carbocycles. The lowest BCUT2D eigenvalue weighted by molar-refractivity contribution is -0.384. The summed E-state index contributed by atoms with van der Waals surface area (Å²) >= 11 is 0. The van der Waals surface area contributed by atoms with E-state index in [1.165, 1.54) is 12.1 Å². The maximum Gasteiger partial charge on any atom is 0.270 e. The summed E-state index contributed by atoms with van der Waals surface area (Å²) in [7, 11) is 0. The van der Waals surface area contributed by atoms with E-state index in [0.29, 0.717) is 5.56 Å². The van der Waals surface area contributed by atoms with E-state index in [1.807, 2.05) is 4.90 Å². The molecule has 2 heterocycles. The highest BCUT2D eigenvalue weighted by molar-refractivity contribution is 5.97. The molecule has 0 radical (unpaired) electrons. The highest BCUT2D eigenvalue weighted by Gasteiger charge is 2.33. The lowest BCUT2D eigenvalue weighted by atomic mass is 9.91. The lowest BCUT2D eigenvalue weighted by Crippen LogP contribution is -2.45. The monoisotopic (exact) mass is 260 g/mol. The largest absolute Gasteiger partial charge is 0.335 e. The zero-order chi connectivity index (χ0) is 13.4. The van der Waals surface area contributed by atoms with Crippen molar-refractivity contribution in [1.29, 1.82) is 0 Å². The van der Waals surface area contributed by atoms with E-state index in [4.69, 9.17) is 0 Å². The van der Waals surface area contributed by atoms with Crippen molar-refractivity contribution in [2.45, 2.75) is 38.1 Å². The first-order valence-corrected chi connectivity index (χ1v) is 6.75. The first kappa shape index (κ1) is 12.1. The van der Waals surface area contributed by atoms with Gasteiger partial charge in [-0.1, -0.05) is 18.9 Å². The van der Waals surface area contributed by atoms with Crippen molar-refractivity contribution in [1.82, 2.24) is 4.90 Å². The van der Waals surface area contributed by atoms with E-state index < -0.39 is 4.92 Å². The van der Waals surface area contributed by atoms with E-state index in [2.05, 4.69) is 0 Å². The van der Waals surface area contributed by atoms with Crippen LogP contribution < -0.4 is 0 Å².